The summed E-state index contributed by atoms with van der Waals surface area (Å²) < 4.78 is 15.3. The van der Waals surface area contributed by atoms with Crippen LogP contribution in [0.25, 0.3) is 6.08 Å². The standard InChI is InChI=1S/C23H21FN4OS/c24-16-7-9-17(10-8-16)27-23-28(18-4-2-1-3-5-18)22(29)21(30-23)13-15-6-11-19-20(12-15)26-14-25-19/h6-14,18,29H,1-5H2/b15-13+,27-23?. The topological polar surface area (TPSA) is 62.2 Å². The molecule has 0 saturated heterocycles. The first-order valence-electron chi connectivity index (χ1n) is 10.1. The summed E-state index contributed by atoms with van der Waals surface area (Å²) in [6, 6.07) is 12.2. The monoisotopic (exact) mass is 420 g/mol. The summed E-state index contributed by atoms with van der Waals surface area (Å²) in [6.45, 7) is 0. The molecule has 1 aromatic heterocycles. The smallest absolute Gasteiger partial charge is 0.211 e. The predicted molar refractivity (Wildman–Crippen MR) is 117 cm³/mol. The highest BCUT2D eigenvalue weighted by molar-refractivity contribution is 7.10. The van der Waals surface area contributed by atoms with Crippen molar-refractivity contribution >= 4 is 35.1 Å². The molecule has 1 N–H and O–H groups in total. The first kappa shape index (κ1) is 18.9. The van der Waals surface area contributed by atoms with Gasteiger partial charge in [-0.1, -0.05) is 36.7 Å². The van der Waals surface area contributed by atoms with Gasteiger partial charge in [-0.25, -0.2) is 19.4 Å². The van der Waals surface area contributed by atoms with E-state index in [2.05, 4.69) is 9.98 Å². The van der Waals surface area contributed by atoms with E-state index in [1.54, 1.807) is 18.5 Å². The van der Waals surface area contributed by atoms with Crippen molar-refractivity contribution in [3.05, 3.63) is 68.5 Å². The summed E-state index contributed by atoms with van der Waals surface area (Å²) in [5.74, 6) is -0.0513. The van der Waals surface area contributed by atoms with Gasteiger partial charge in [-0.3, -0.25) is 4.57 Å². The molecule has 2 aromatic carbocycles. The van der Waals surface area contributed by atoms with E-state index in [0.717, 1.165) is 51.6 Å². The predicted octanol–water partition coefficient (Wildman–Crippen LogP) is 4.25. The molecule has 0 spiro atoms. The van der Waals surface area contributed by atoms with Gasteiger partial charge in [0, 0.05) is 6.04 Å². The van der Waals surface area contributed by atoms with Crippen LogP contribution in [0.5, 0.6) is 5.88 Å². The van der Waals surface area contributed by atoms with Crippen molar-refractivity contribution in [3.63, 3.8) is 0 Å². The van der Waals surface area contributed by atoms with Crippen LogP contribution in [-0.4, -0.2) is 16.0 Å². The minimum Gasteiger partial charge on any atom is -0.493 e. The molecule has 2 heterocycles. The Morgan fingerprint density at radius 2 is 1.90 bits per heavy atom. The molecule has 152 valence electrons. The van der Waals surface area contributed by atoms with Crippen molar-refractivity contribution in [2.75, 3.05) is 0 Å². The van der Waals surface area contributed by atoms with Crippen LogP contribution in [0, 0.1) is 5.82 Å². The maximum atomic E-state index is 13.3. The van der Waals surface area contributed by atoms with Crippen LogP contribution in [-0.2, 0) is 0 Å². The largest absolute Gasteiger partial charge is 0.493 e. The number of aromatic nitrogens is 1. The SMILES string of the molecule is Oc1c(/C=c2\ccc3c(c2)N=CN=3)sc(=Nc2ccc(F)cc2)n1C1CCCCC1. The van der Waals surface area contributed by atoms with Crippen LogP contribution in [0.4, 0.5) is 15.8 Å². The molecule has 1 saturated carbocycles. The molecule has 1 aliphatic carbocycles. The van der Waals surface area contributed by atoms with Crippen molar-refractivity contribution in [2.45, 2.75) is 38.1 Å². The van der Waals surface area contributed by atoms with Gasteiger partial charge < -0.3 is 5.11 Å². The van der Waals surface area contributed by atoms with Gasteiger partial charge in [-0.2, -0.15) is 0 Å². The van der Waals surface area contributed by atoms with Gasteiger partial charge in [0.1, 0.15) is 12.2 Å². The zero-order valence-electron chi connectivity index (χ0n) is 16.3. The Hall–Kier alpha value is -3.06. The van der Waals surface area contributed by atoms with Gasteiger partial charge in [0.15, 0.2) is 4.80 Å². The highest BCUT2D eigenvalue weighted by Crippen LogP contribution is 2.33. The minimum atomic E-state index is -0.289. The van der Waals surface area contributed by atoms with Crippen LogP contribution < -0.4 is 15.4 Å². The lowest BCUT2D eigenvalue weighted by atomic mass is 9.95. The summed E-state index contributed by atoms with van der Waals surface area (Å²) in [4.78, 5) is 14.7. The molecule has 0 bridgehead atoms. The molecule has 1 aliphatic heterocycles. The molecule has 0 amide bonds. The van der Waals surface area contributed by atoms with Gasteiger partial charge in [0.2, 0.25) is 5.88 Å². The summed E-state index contributed by atoms with van der Waals surface area (Å²) >= 11 is 1.44. The van der Waals surface area contributed by atoms with Crippen LogP contribution in [0.3, 0.4) is 0 Å². The maximum absolute atomic E-state index is 13.3. The first-order chi connectivity index (χ1) is 14.7. The van der Waals surface area contributed by atoms with Crippen LogP contribution in [0.15, 0.2) is 57.4 Å². The third kappa shape index (κ3) is 3.73. The van der Waals surface area contributed by atoms with E-state index >= 15 is 0 Å². The summed E-state index contributed by atoms with van der Waals surface area (Å²) in [6.07, 6.45) is 9.07. The minimum absolute atomic E-state index is 0.222. The number of thiazole rings is 1. The van der Waals surface area contributed by atoms with E-state index in [1.807, 2.05) is 28.8 Å². The van der Waals surface area contributed by atoms with Gasteiger partial charge in [-0.15, -0.1) is 0 Å². The fourth-order valence-electron chi connectivity index (χ4n) is 4.02. The average Bonchev–Trinajstić information content (AvgIpc) is 3.34. The third-order valence-corrected chi connectivity index (χ3v) is 6.53. The lowest BCUT2D eigenvalue weighted by Gasteiger charge is -2.23. The summed E-state index contributed by atoms with van der Waals surface area (Å²) in [7, 11) is 0. The Balaban J connectivity index is 1.64. The second-order valence-electron chi connectivity index (χ2n) is 7.59. The van der Waals surface area contributed by atoms with Crippen molar-refractivity contribution in [1.29, 1.82) is 0 Å². The van der Waals surface area contributed by atoms with Gasteiger partial charge >= 0.3 is 0 Å². The van der Waals surface area contributed by atoms with Crippen LogP contribution >= 0.6 is 11.3 Å². The number of aliphatic imine (C=N–C) groups is 1. The number of hydrogen-bond acceptors (Lipinski definition) is 5. The molecule has 3 aromatic rings. The zero-order chi connectivity index (χ0) is 20.5. The summed E-state index contributed by atoms with van der Waals surface area (Å²) in [5.41, 5.74) is 1.50. The Kier molecular flexibility index (Phi) is 5.04. The second kappa shape index (κ2) is 7.99. The Morgan fingerprint density at radius 1 is 1.10 bits per heavy atom. The van der Waals surface area contributed by atoms with E-state index in [1.165, 1.54) is 29.9 Å². The molecule has 30 heavy (non-hydrogen) atoms. The molecule has 0 unspecified atom stereocenters. The van der Waals surface area contributed by atoms with Crippen molar-refractivity contribution in [2.24, 2.45) is 15.0 Å². The van der Waals surface area contributed by atoms with E-state index in [4.69, 9.17) is 4.99 Å². The number of halogens is 1. The first-order valence-corrected chi connectivity index (χ1v) is 11.0. The normalized spacial score (nSPS) is 17.4. The Labute approximate surface area is 176 Å². The van der Waals surface area contributed by atoms with Crippen molar-refractivity contribution in [1.82, 2.24) is 4.57 Å². The average molecular weight is 421 g/mol. The number of hydrogen-bond donors (Lipinski definition) is 1. The molecule has 5 rings (SSSR count). The van der Waals surface area contributed by atoms with E-state index < -0.39 is 0 Å². The molecule has 2 aliphatic rings. The van der Waals surface area contributed by atoms with Gasteiger partial charge in [-0.05, 0) is 60.5 Å². The molecular formula is C23H21FN4OS. The fourth-order valence-corrected chi connectivity index (χ4v) is 5.08. The van der Waals surface area contributed by atoms with Crippen molar-refractivity contribution < 1.29 is 9.50 Å². The molecular weight excluding hydrogens is 399 g/mol. The molecule has 5 nitrogen and oxygen atoms in total. The van der Waals surface area contributed by atoms with Gasteiger partial charge in [0.05, 0.1) is 21.6 Å². The highest BCUT2D eigenvalue weighted by Gasteiger charge is 2.22. The number of nitrogens with zero attached hydrogens (tertiary/aromatic N) is 4. The van der Waals surface area contributed by atoms with E-state index in [9.17, 15) is 9.50 Å². The maximum Gasteiger partial charge on any atom is 0.211 e. The lowest BCUT2D eigenvalue weighted by Crippen LogP contribution is -2.22. The van der Waals surface area contributed by atoms with E-state index in [0.29, 0.717) is 5.69 Å². The van der Waals surface area contributed by atoms with E-state index in [-0.39, 0.29) is 17.7 Å². The number of benzene rings is 2. The quantitative estimate of drug-likeness (QED) is 0.676. The Bertz CT molecular complexity index is 1300. The highest BCUT2D eigenvalue weighted by atomic mass is 32.1. The van der Waals surface area contributed by atoms with Crippen LogP contribution in [0.2, 0.25) is 0 Å². The molecule has 0 radical (unpaired) electrons. The fraction of sp³-hybridized carbons (Fsp3) is 0.261. The lowest BCUT2D eigenvalue weighted by molar-refractivity contribution is 0.307. The third-order valence-electron chi connectivity index (χ3n) is 5.54. The zero-order valence-corrected chi connectivity index (χ0v) is 17.1. The second-order valence-corrected chi connectivity index (χ2v) is 8.60. The number of fused-ring (bicyclic) bond motifs is 1. The number of aromatic hydroxyl groups is 1. The molecule has 0 atom stereocenters. The summed E-state index contributed by atoms with van der Waals surface area (Å²) in [5, 5.41) is 12.9. The number of rotatable bonds is 3. The molecule has 1 fully saturated rings. The van der Waals surface area contributed by atoms with Crippen LogP contribution in [0.1, 0.15) is 43.0 Å². The van der Waals surface area contributed by atoms with Crippen molar-refractivity contribution in [3.8, 4) is 5.88 Å². The molecule has 7 heteroatoms. The Morgan fingerprint density at radius 3 is 2.70 bits per heavy atom. The van der Waals surface area contributed by atoms with Gasteiger partial charge in [0.25, 0.3) is 0 Å².